The fraction of sp³-hybridized carbons (Fsp3) is 0.500. The second-order valence-electron chi connectivity index (χ2n) is 6.16. The Kier molecular flexibility index (Phi) is 5.18. The van der Waals surface area contributed by atoms with Gasteiger partial charge in [-0.1, -0.05) is 0 Å². The predicted octanol–water partition coefficient (Wildman–Crippen LogP) is 1.54. The van der Waals surface area contributed by atoms with Gasteiger partial charge in [-0.05, 0) is 25.1 Å². The van der Waals surface area contributed by atoms with Gasteiger partial charge in [0.2, 0.25) is 0 Å². The molecule has 0 saturated carbocycles. The number of rotatable bonds is 6. The quantitative estimate of drug-likeness (QED) is 0.810. The number of aryl methyl sites for hydroxylation is 1. The number of benzene rings is 1. The van der Waals surface area contributed by atoms with Gasteiger partial charge in [0.1, 0.15) is 17.1 Å². The third-order valence-electron chi connectivity index (χ3n) is 4.60. The van der Waals surface area contributed by atoms with E-state index in [0.717, 1.165) is 37.3 Å². The van der Waals surface area contributed by atoms with Gasteiger partial charge in [-0.25, -0.2) is 0 Å². The number of fused-ring (bicyclic) bond motifs is 1. The van der Waals surface area contributed by atoms with Crippen LogP contribution in [0.2, 0.25) is 0 Å². The summed E-state index contributed by atoms with van der Waals surface area (Å²) in [4.78, 5) is 17.2. The molecule has 130 valence electrons. The van der Waals surface area contributed by atoms with Crippen molar-refractivity contribution in [3.63, 3.8) is 0 Å². The summed E-state index contributed by atoms with van der Waals surface area (Å²) in [5.74, 6) is 1.45. The number of ether oxygens (including phenoxy) is 1. The van der Waals surface area contributed by atoms with E-state index in [0.29, 0.717) is 30.0 Å². The Morgan fingerprint density at radius 2 is 1.96 bits per heavy atom. The molecular formula is C18H24N2O4. The highest BCUT2D eigenvalue weighted by atomic mass is 16.5. The number of aliphatic hydroxyl groups excluding tert-OH is 1. The molecule has 1 saturated heterocycles. The Labute approximate surface area is 141 Å². The van der Waals surface area contributed by atoms with Gasteiger partial charge in [0.15, 0.2) is 5.78 Å². The van der Waals surface area contributed by atoms with Crippen LogP contribution in [-0.2, 0) is 0 Å². The summed E-state index contributed by atoms with van der Waals surface area (Å²) in [6.07, 6.45) is 0. The van der Waals surface area contributed by atoms with Crippen LogP contribution in [0.15, 0.2) is 22.6 Å². The molecule has 0 radical (unpaired) electrons. The second-order valence-corrected chi connectivity index (χ2v) is 6.16. The lowest BCUT2D eigenvalue weighted by Crippen LogP contribution is -2.48. The lowest BCUT2D eigenvalue weighted by molar-refractivity contribution is 0.0822. The number of carbonyl (C=O) groups is 1. The summed E-state index contributed by atoms with van der Waals surface area (Å²) in [6, 6.07) is 5.53. The number of aliphatic hydroxyl groups is 1. The number of hydrogen-bond donors (Lipinski definition) is 1. The zero-order chi connectivity index (χ0) is 17.1. The Morgan fingerprint density at radius 3 is 2.62 bits per heavy atom. The van der Waals surface area contributed by atoms with Crippen LogP contribution in [0.25, 0.3) is 11.0 Å². The first kappa shape index (κ1) is 17.0. The van der Waals surface area contributed by atoms with Crippen molar-refractivity contribution in [3.05, 3.63) is 29.5 Å². The SMILES string of the molecule is COc1ccc2oc(C)c(C(=O)CN3CCN(CCO)CC3)c2c1. The Bertz CT molecular complexity index is 717. The number of furan rings is 1. The van der Waals surface area contributed by atoms with Gasteiger partial charge in [-0.3, -0.25) is 14.6 Å². The molecular weight excluding hydrogens is 308 g/mol. The van der Waals surface area contributed by atoms with E-state index in [1.54, 1.807) is 7.11 Å². The molecule has 1 N–H and O–H groups in total. The van der Waals surface area contributed by atoms with Crippen LogP contribution in [0.3, 0.4) is 0 Å². The molecule has 0 aliphatic carbocycles. The first-order chi connectivity index (χ1) is 11.6. The third kappa shape index (κ3) is 3.45. The molecule has 0 bridgehead atoms. The van der Waals surface area contributed by atoms with Gasteiger partial charge >= 0.3 is 0 Å². The predicted molar refractivity (Wildman–Crippen MR) is 91.8 cm³/mol. The first-order valence-electron chi connectivity index (χ1n) is 8.28. The summed E-state index contributed by atoms with van der Waals surface area (Å²) in [7, 11) is 1.61. The van der Waals surface area contributed by atoms with E-state index in [9.17, 15) is 4.79 Å². The van der Waals surface area contributed by atoms with Crippen LogP contribution < -0.4 is 4.74 Å². The Morgan fingerprint density at radius 1 is 1.25 bits per heavy atom. The molecule has 1 aliphatic heterocycles. The normalized spacial score (nSPS) is 16.6. The number of Topliss-reactive ketones (excluding diaryl/α,β-unsaturated/α-hetero) is 1. The monoisotopic (exact) mass is 332 g/mol. The number of carbonyl (C=O) groups excluding carboxylic acids is 1. The van der Waals surface area contributed by atoms with Crippen molar-refractivity contribution in [3.8, 4) is 5.75 Å². The molecule has 0 spiro atoms. The molecule has 1 fully saturated rings. The lowest BCUT2D eigenvalue weighted by Gasteiger charge is -2.33. The van der Waals surface area contributed by atoms with Gasteiger partial charge in [0.25, 0.3) is 0 Å². The van der Waals surface area contributed by atoms with Crippen molar-refractivity contribution in [2.45, 2.75) is 6.92 Å². The number of hydrogen-bond acceptors (Lipinski definition) is 6. The van der Waals surface area contributed by atoms with Crippen LogP contribution in [-0.4, -0.2) is 73.7 Å². The molecule has 0 unspecified atom stereocenters. The smallest absolute Gasteiger partial charge is 0.180 e. The molecule has 2 heterocycles. The number of piperazine rings is 1. The largest absolute Gasteiger partial charge is 0.497 e. The van der Waals surface area contributed by atoms with E-state index in [1.807, 2.05) is 25.1 Å². The van der Waals surface area contributed by atoms with Gasteiger partial charge in [-0.2, -0.15) is 0 Å². The Balaban J connectivity index is 1.73. The summed E-state index contributed by atoms with van der Waals surface area (Å²) >= 11 is 0. The summed E-state index contributed by atoms with van der Waals surface area (Å²) in [5, 5.41) is 9.81. The van der Waals surface area contributed by atoms with Gasteiger partial charge in [-0.15, -0.1) is 0 Å². The molecule has 24 heavy (non-hydrogen) atoms. The highest BCUT2D eigenvalue weighted by Crippen LogP contribution is 2.29. The van der Waals surface area contributed by atoms with Crippen LogP contribution in [0.1, 0.15) is 16.1 Å². The fourth-order valence-corrected chi connectivity index (χ4v) is 3.27. The van der Waals surface area contributed by atoms with Crippen LogP contribution in [0.4, 0.5) is 0 Å². The van der Waals surface area contributed by atoms with Crippen molar-refractivity contribution in [2.24, 2.45) is 0 Å². The molecule has 1 aliphatic rings. The zero-order valence-corrected chi connectivity index (χ0v) is 14.2. The maximum absolute atomic E-state index is 12.8. The van der Waals surface area contributed by atoms with E-state index in [-0.39, 0.29) is 12.4 Å². The summed E-state index contributed by atoms with van der Waals surface area (Å²) < 4.78 is 11.0. The Hall–Kier alpha value is -1.89. The summed E-state index contributed by atoms with van der Waals surface area (Å²) in [6.45, 7) is 6.54. The molecule has 0 atom stereocenters. The molecule has 3 rings (SSSR count). The van der Waals surface area contributed by atoms with Crippen molar-refractivity contribution >= 4 is 16.8 Å². The maximum Gasteiger partial charge on any atom is 0.180 e. The van der Waals surface area contributed by atoms with E-state index < -0.39 is 0 Å². The van der Waals surface area contributed by atoms with Crippen LogP contribution in [0, 0.1) is 6.92 Å². The lowest BCUT2D eigenvalue weighted by atomic mass is 10.1. The van der Waals surface area contributed by atoms with Crippen LogP contribution in [0.5, 0.6) is 5.75 Å². The highest BCUT2D eigenvalue weighted by Gasteiger charge is 2.23. The van der Waals surface area contributed by atoms with Gasteiger partial charge in [0, 0.05) is 38.1 Å². The number of β-amino-alcohol motifs (C(OH)–C–C–N with tert-alkyl or cyclic N) is 1. The molecule has 0 amide bonds. The molecule has 6 heteroatoms. The molecule has 1 aromatic carbocycles. The van der Waals surface area contributed by atoms with Gasteiger partial charge in [0.05, 0.1) is 25.8 Å². The summed E-state index contributed by atoms with van der Waals surface area (Å²) in [5.41, 5.74) is 1.37. The first-order valence-corrected chi connectivity index (χ1v) is 8.28. The number of methoxy groups -OCH3 is 1. The third-order valence-corrected chi connectivity index (χ3v) is 4.60. The van der Waals surface area contributed by atoms with E-state index in [1.165, 1.54) is 0 Å². The molecule has 6 nitrogen and oxygen atoms in total. The standard InChI is InChI=1S/C18H24N2O4/c1-13-18(15-11-14(23-2)3-4-17(15)24-13)16(22)12-20-7-5-19(6-8-20)9-10-21/h3-4,11,21H,5-10,12H2,1-2H3. The van der Waals surface area contributed by atoms with Crippen LogP contribution >= 0.6 is 0 Å². The minimum atomic E-state index is 0.0788. The number of ketones is 1. The fourth-order valence-electron chi connectivity index (χ4n) is 3.27. The van der Waals surface area contributed by atoms with E-state index in [4.69, 9.17) is 14.3 Å². The second kappa shape index (κ2) is 7.34. The van der Waals surface area contributed by atoms with E-state index >= 15 is 0 Å². The van der Waals surface area contributed by atoms with Crippen molar-refractivity contribution < 1.29 is 19.1 Å². The average molecular weight is 332 g/mol. The number of nitrogens with zero attached hydrogens (tertiary/aromatic N) is 2. The van der Waals surface area contributed by atoms with Crippen molar-refractivity contribution in [1.82, 2.24) is 9.80 Å². The molecule has 1 aromatic heterocycles. The maximum atomic E-state index is 12.8. The zero-order valence-electron chi connectivity index (χ0n) is 14.2. The average Bonchev–Trinajstić information content (AvgIpc) is 2.91. The highest BCUT2D eigenvalue weighted by molar-refractivity contribution is 6.09. The van der Waals surface area contributed by atoms with Crippen molar-refractivity contribution in [1.29, 1.82) is 0 Å². The van der Waals surface area contributed by atoms with E-state index in [2.05, 4.69) is 9.80 Å². The minimum Gasteiger partial charge on any atom is -0.497 e. The molecule has 2 aromatic rings. The topological polar surface area (TPSA) is 66.2 Å². The minimum absolute atomic E-state index is 0.0788. The van der Waals surface area contributed by atoms with Crippen molar-refractivity contribution in [2.75, 3.05) is 53.0 Å². The van der Waals surface area contributed by atoms with Gasteiger partial charge < -0.3 is 14.3 Å².